The summed E-state index contributed by atoms with van der Waals surface area (Å²) in [4.78, 5) is 4.73. The van der Waals surface area contributed by atoms with Crippen molar-refractivity contribution in [2.75, 3.05) is 6.26 Å². The summed E-state index contributed by atoms with van der Waals surface area (Å²) in [6.45, 7) is 4.15. The first-order valence-corrected chi connectivity index (χ1v) is 12.0. The standard InChI is InChI=1S/C20H20N6O2S2/c1-14-10-15(2)12-17(11-14)25-9-8-21-20(25)29-13-19-22-23-24-26(19)16-4-6-18(7-5-16)30(3,27)28/h4-12H,13H2,1-3H3. The van der Waals surface area contributed by atoms with Gasteiger partial charge in [-0.15, -0.1) is 5.10 Å². The lowest BCUT2D eigenvalue weighted by Crippen LogP contribution is -2.04. The predicted molar refractivity (Wildman–Crippen MR) is 115 cm³/mol. The monoisotopic (exact) mass is 440 g/mol. The number of aryl methyl sites for hydroxylation is 2. The zero-order chi connectivity index (χ0) is 21.3. The first-order chi connectivity index (χ1) is 14.3. The van der Waals surface area contributed by atoms with Crippen molar-refractivity contribution < 1.29 is 8.42 Å². The van der Waals surface area contributed by atoms with Crippen LogP contribution in [-0.2, 0) is 15.6 Å². The molecule has 2 heterocycles. The van der Waals surface area contributed by atoms with Crippen molar-refractivity contribution in [1.82, 2.24) is 29.8 Å². The van der Waals surface area contributed by atoms with E-state index in [0.29, 0.717) is 17.3 Å². The third-order valence-electron chi connectivity index (χ3n) is 4.47. The molecule has 4 rings (SSSR count). The molecule has 0 fully saturated rings. The smallest absolute Gasteiger partial charge is 0.175 e. The molecule has 8 nitrogen and oxygen atoms in total. The van der Waals surface area contributed by atoms with Crippen molar-refractivity contribution in [2.45, 2.75) is 29.7 Å². The largest absolute Gasteiger partial charge is 0.295 e. The van der Waals surface area contributed by atoms with E-state index < -0.39 is 9.84 Å². The van der Waals surface area contributed by atoms with Gasteiger partial charge in [0.15, 0.2) is 20.8 Å². The third-order valence-corrected chi connectivity index (χ3v) is 6.56. The number of thioether (sulfide) groups is 1. The zero-order valence-corrected chi connectivity index (χ0v) is 18.4. The number of sulfone groups is 1. The van der Waals surface area contributed by atoms with Crippen LogP contribution in [-0.4, -0.2) is 44.4 Å². The Morgan fingerprint density at radius 3 is 2.37 bits per heavy atom. The molecule has 0 atom stereocenters. The van der Waals surface area contributed by atoms with E-state index in [-0.39, 0.29) is 4.90 Å². The Bertz CT molecular complexity index is 1270. The molecule has 0 aliphatic rings. The molecule has 0 saturated heterocycles. The van der Waals surface area contributed by atoms with E-state index in [1.807, 2.05) is 10.8 Å². The van der Waals surface area contributed by atoms with Crippen LogP contribution in [0.15, 0.2) is 64.9 Å². The number of nitrogens with zero attached hydrogens (tertiary/aromatic N) is 6. The molecule has 2 aromatic heterocycles. The molecule has 2 aromatic carbocycles. The van der Waals surface area contributed by atoms with Gasteiger partial charge >= 0.3 is 0 Å². The normalized spacial score (nSPS) is 11.7. The maximum Gasteiger partial charge on any atom is 0.175 e. The van der Waals surface area contributed by atoms with E-state index in [9.17, 15) is 8.42 Å². The fourth-order valence-corrected chi connectivity index (χ4v) is 4.65. The van der Waals surface area contributed by atoms with Gasteiger partial charge in [0.05, 0.1) is 16.3 Å². The summed E-state index contributed by atoms with van der Waals surface area (Å²) in [7, 11) is -3.25. The van der Waals surface area contributed by atoms with Crippen molar-refractivity contribution >= 4 is 21.6 Å². The highest BCUT2D eigenvalue weighted by atomic mass is 32.2. The average molecular weight is 441 g/mol. The third kappa shape index (κ3) is 4.29. The summed E-state index contributed by atoms with van der Waals surface area (Å²) in [5, 5.41) is 12.8. The molecule has 10 heteroatoms. The highest BCUT2D eigenvalue weighted by Gasteiger charge is 2.13. The molecule has 0 N–H and O–H groups in total. The second-order valence-corrected chi connectivity index (χ2v) is 9.95. The molecular formula is C20H20N6O2S2. The fraction of sp³-hybridized carbons (Fsp3) is 0.200. The summed E-state index contributed by atoms with van der Waals surface area (Å²) in [6.07, 6.45) is 4.88. The summed E-state index contributed by atoms with van der Waals surface area (Å²) in [5.41, 5.74) is 4.14. The maximum atomic E-state index is 11.7. The molecule has 4 aromatic rings. The number of imidazole rings is 1. The topological polar surface area (TPSA) is 95.6 Å². The van der Waals surface area contributed by atoms with Gasteiger partial charge in [-0.25, -0.2) is 13.4 Å². The van der Waals surface area contributed by atoms with Crippen molar-refractivity contribution in [2.24, 2.45) is 0 Å². The Morgan fingerprint density at radius 1 is 1.00 bits per heavy atom. The van der Waals surface area contributed by atoms with Gasteiger partial charge in [0.2, 0.25) is 0 Å². The van der Waals surface area contributed by atoms with E-state index in [1.54, 1.807) is 35.1 Å². The van der Waals surface area contributed by atoms with E-state index in [4.69, 9.17) is 0 Å². The van der Waals surface area contributed by atoms with E-state index in [0.717, 1.165) is 10.8 Å². The fourth-order valence-electron chi connectivity index (χ4n) is 3.14. The SMILES string of the molecule is Cc1cc(C)cc(-n2ccnc2SCc2nnnn2-c2ccc(S(C)(=O)=O)cc2)c1. The van der Waals surface area contributed by atoms with Gasteiger partial charge in [0.1, 0.15) is 0 Å². The van der Waals surface area contributed by atoms with Crippen molar-refractivity contribution in [3.8, 4) is 11.4 Å². The van der Waals surface area contributed by atoms with E-state index in [1.165, 1.54) is 29.1 Å². The van der Waals surface area contributed by atoms with Crippen molar-refractivity contribution in [3.63, 3.8) is 0 Å². The Morgan fingerprint density at radius 2 is 1.70 bits per heavy atom. The lowest BCUT2D eigenvalue weighted by Gasteiger charge is -2.10. The second-order valence-electron chi connectivity index (χ2n) is 6.99. The summed E-state index contributed by atoms with van der Waals surface area (Å²) >= 11 is 1.53. The van der Waals surface area contributed by atoms with Crippen LogP contribution in [0.4, 0.5) is 0 Å². The number of hydrogen-bond donors (Lipinski definition) is 0. The van der Waals surface area contributed by atoms with Crippen LogP contribution in [0, 0.1) is 13.8 Å². The zero-order valence-electron chi connectivity index (χ0n) is 16.7. The quantitative estimate of drug-likeness (QED) is 0.425. The minimum atomic E-state index is -3.25. The van der Waals surface area contributed by atoms with Crippen LogP contribution in [0.5, 0.6) is 0 Å². The summed E-state index contributed by atoms with van der Waals surface area (Å²) in [6, 6.07) is 12.9. The number of benzene rings is 2. The van der Waals surface area contributed by atoms with Gasteiger partial charge in [-0.1, -0.05) is 17.8 Å². The Balaban J connectivity index is 1.56. The molecular weight excluding hydrogens is 420 g/mol. The van der Waals surface area contributed by atoms with Gasteiger partial charge in [0.25, 0.3) is 0 Å². The van der Waals surface area contributed by atoms with Crippen LogP contribution in [0.25, 0.3) is 11.4 Å². The molecule has 0 aliphatic carbocycles. The van der Waals surface area contributed by atoms with Crippen LogP contribution >= 0.6 is 11.8 Å². The Kier molecular flexibility index (Phi) is 5.44. The van der Waals surface area contributed by atoms with Crippen LogP contribution < -0.4 is 0 Å². The molecule has 0 unspecified atom stereocenters. The lowest BCUT2D eigenvalue weighted by molar-refractivity contribution is 0.602. The van der Waals surface area contributed by atoms with Gasteiger partial charge in [0, 0.05) is 24.3 Å². The molecule has 0 aliphatic heterocycles. The summed E-state index contributed by atoms with van der Waals surface area (Å²) in [5.74, 6) is 1.14. The number of hydrogen-bond acceptors (Lipinski definition) is 7. The molecule has 0 saturated carbocycles. The van der Waals surface area contributed by atoms with E-state index in [2.05, 4.69) is 52.6 Å². The van der Waals surface area contributed by atoms with Gasteiger partial charge in [-0.05, 0) is 71.8 Å². The van der Waals surface area contributed by atoms with Crippen LogP contribution in [0.2, 0.25) is 0 Å². The highest BCUT2D eigenvalue weighted by Crippen LogP contribution is 2.25. The van der Waals surface area contributed by atoms with Gasteiger partial charge in [-0.2, -0.15) is 4.68 Å². The number of rotatable bonds is 6. The molecule has 30 heavy (non-hydrogen) atoms. The van der Waals surface area contributed by atoms with Crippen LogP contribution in [0.3, 0.4) is 0 Å². The molecule has 0 bridgehead atoms. The first-order valence-electron chi connectivity index (χ1n) is 9.14. The average Bonchev–Trinajstić information content (AvgIpc) is 3.34. The maximum absolute atomic E-state index is 11.7. The molecule has 154 valence electrons. The van der Waals surface area contributed by atoms with E-state index >= 15 is 0 Å². The highest BCUT2D eigenvalue weighted by molar-refractivity contribution is 7.98. The lowest BCUT2D eigenvalue weighted by atomic mass is 10.1. The first kappa shape index (κ1) is 20.3. The van der Waals surface area contributed by atoms with Crippen molar-refractivity contribution in [3.05, 3.63) is 71.8 Å². The molecule has 0 radical (unpaired) electrons. The molecule has 0 amide bonds. The van der Waals surface area contributed by atoms with Crippen molar-refractivity contribution in [1.29, 1.82) is 0 Å². The number of tetrazole rings is 1. The molecule has 0 spiro atoms. The summed E-state index contributed by atoms with van der Waals surface area (Å²) < 4.78 is 27.0. The number of aromatic nitrogens is 6. The predicted octanol–water partition coefficient (Wildman–Crippen LogP) is 3.16. The Labute approximate surface area is 178 Å². The van der Waals surface area contributed by atoms with Gasteiger partial charge < -0.3 is 0 Å². The minimum Gasteiger partial charge on any atom is -0.295 e. The Hall–Kier alpha value is -2.98. The van der Waals surface area contributed by atoms with Gasteiger partial charge in [-0.3, -0.25) is 4.57 Å². The van der Waals surface area contributed by atoms with Crippen LogP contribution in [0.1, 0.15) is 17.0 Å². The second kappa shape index (κ2) is 8.04. The minimum absolute atomic E-state index is 0.255.